The van der Waals surface area contributed by atoms with Gasteiger partial charge in [-0.3, -0.25) is 0 Å². The van der Waals surface area contributed by atoms with Gasteiger partial charge in [0.15, 0.2) is 0 Å². The van der Waals surface area contributed by atoms with Crippen molar-refractivity contribution in [2.24, 2.45) is 5.16 Å². The van der Waals surface area contributed by atoms with Crippen molar-refractivity contribution in [3.05, 3.63) is 62.1 Å². The van der Waals surface area contributed by atoms with Crippen molar-refractivity contribution in [2.45, 2.75) is 0 Å². The lowest BCUT2D eigenvalue weighted by Gasteiger charge is -2.12. The van der Waals surface area contributed by atoms with E-state index in [1.54, 1.807) is 30.3 Å². The number of hydrogen-bond acceptors (Lipinski definition) is 3. The predicted octanol–water partition coefficient (Wildman–Crippen LogP) is 4.86. The molecule has 0 bridgehead atoms. The second-order valence-corrected chi connectivity index (χ2v) is 5.58. The van der Waals surface area contributed by atoms with Crippen LogP contribution in [0.25, 0.3) is 5.57 Å². The molecule has 1 N–H and O–H groups in total. The van der Waals surface area contributed by atoms with Crippen LogP contribution in [0.2, 0.25) is 5.02 Å². The van der Waals surface area contributed by atoms with Gasteiger partial charge < -0.3 is 5.21 Å². The molecule has 1 aliphatic rings. The highest BCUT2D eigenvalue weighted by Crippen LogP contribution is 2.33. The summed E-state index contributed by atoms with van der Waals surface area (Å²) in [4.78, 5) is 0. The van der Waals surface area contributed by atoms with E-state index in [1.165, 1.54) is 6.08 Å². The first-order chi connectivity index (χ1) is 9.56. The maximum absolute atomic E-state index is 9.38. The minimum absolute atomic E-state index is 0.298. The number of benzene rings is 1. The molecule has 0 unspecified atom stereocenters. The summed E-state index contributed by atoms with van der Waals surface area (Å²) in [6.07, 6.45) is 3.12. The molecule has 100 valence electrons. The lowest BCUT2D eigenvalue weighted by molar-refractivity contribution is 0.320. The van der Waals surface area contributed by atoms with Crippen molar-refractivity contribution in [3.8, 4) is 6.07 Å². The molecule has 2 rings (SSSR count). The van der Waals surface area contributed by atoms with Crippen LogP contribution in [0.1, 0.15) is 5.56 Å². The van der Waals surface area contributed by atoms with Gasteiger partial charge in [-0.2, -0.15) is 5.26 Å². The Hall–Kier alpha value is -1.54. The fraction of sp³-hybridized carbons (Fsp3) is 0. The van der Waals surface area contributed by atoms with Crippen molar-refractivity contribution in [3.63, 3.8) is 0 Å². The van der Waals surface area contributed by atoms with E-state index in [4.69, 9.17) is 28.4 Å². The molecule has 0 saturated carbocycles. The normalized spacial score (nSPS) is 19.2. The Morgan fingerprint density at radius 1 is 1.20 bits per heavy atom. The highest BCUT2D eigenvalue weighted by Gasteiger charge is 2.18. The molecule has 0 aromatic heterocycles. The van der Waals surface area contributed by atoms with E-state index < -0.39 is 0 Å². The molecule has 0 amide bonds. The summed E-state index contributed by atoms with van der Waals surface area (Å²) in [6, 6.07) is 9.03. The Kier molecular flexibility index (Phi) is 4.66. The molecular formula is C14H7BrCl2N2O. The van der Waals surface area contributed by atoms with Gasteiger partial charge in [0, 0.05) is 15.1 Å². The molecule has 0 atom stereocenters. The zero-order chi connectivity index (χ0) is 14.7. The van der Waals surface area contributed by atoms with Gasteiger partial charge in [0.25, 0.3) is 0 Å². The third-order valence-corrected chi connectivity index (χ3v) is 3.86. The van der Waals surface area contributed by atoms with Gasteiger partial charge in [-0.05, 0) is 45.8 Å². The fourth-order valence-corrected chi connectivity index (χ4v) is 2.50. The largest absolute Gasteiger partial charge is 0.410 e. The van der Waals surface area contributed by atoms with Gasteiger partial charge in [-0.15, -0.1) is 0 Å². The summed E-state index contributed by atoms with van der Waals surface area (Å²) in [5.41, 5.74) is 1.97. The first kappa shape index (κ1) is 14.9. The molecular weight excluding hydrogens is 363 g/mol. The van der Waals surface area contributed by atoms with Gasteiger partial charge >= 0.3 is 0 Å². The highest BCUT2D eigenvalue weighted by molar-refractivity contribution is 9.12. The summed E-state index contributed by atoms with van der Waals surface area (Å²) < 4.78 is 0.543. The van der Waals surface area contributed by atoms with E-state index in [0.717, 1.165) is 0 Å². The van der Waals surface area contributed by atoms with Gasteiger partial charge in [0.2, 0.25) is 0 Å². The summed E-state index contributed by atoms with van der Waals surface area (Å²) in [6.45, 7) is 0. The molecule has 0 saturated heterocycles. The Morgan fingerprint density at radius 3 is 2.40 bits per heavy atom. The Morgan fingerprint density at radius 2 is 1.85 bits per heavy atom. The van der Waals surface area contributed by atoms with Crippen LogP contribution in [0.5, 0.6) is 0 Å². The van der Waals surface area contributed by atoms with E-state index >= 15 is 0 Å². The zero-order valence-corrected chi connectivity index (χ0v) is 13.0. The van der Waals surface area contributed by atoms with Crippen LogP contribution >= 0.6 is 39.1 Å². The summed E-state index contributed by atoms with van der Waals surface area (Å²) >= 11 is 15.2. The van der Waals surface area contributed by atoms with E-state index in [0.29, 0.717) is 37.0 Å². The summed E-state index contributed by atoms with van der Waals surface area (Å²) in [5.74, 6) is 0. The Labute approximate surface area is 134 Å². The number of allylic oxidation sites excluding steroid dienone is 6. The van der Waals surface area contributed by atoms with Gasteiger partial charge in [-0.25, -0.2) is 0 Å². The zero-order valence-electron chi connectivity index (χ0n) is 9.94. The fourth-order valence-electron chi connectivity index (χ4n) is 1.70. The van der Waals surface area contributed by atoms with Crippen LogP contribution in [0, 0.1) is 11.3 Å². The number of hydrogen-bond donors (Lipinski definition) is 1. The molecule has 0 aliphatic heterocycles. The van der Waals surface area contributed by atoms with Crippen molar-refractivity contribution in [1.29, 1.82) is 5.26 Å². The SMILES string of the molecule is N#CC(=C1C=C(Br)C(=NO)C=C1Cl)c1ccc(Cl)cc1. The smallest absolute Gasteiger partial charge is 0.118 e. The van der Waals surface area contributed by atoms with Crippen molar-refractivity contribution in [2.75, 3.05) is 0 Å². The van der Waals surface area contributed by atoms with E-state index in [2.05, 4.69) is 27.2 Å². The molecule has 1 aliphatic carbocycles. The number of oxime groups is 1. The van der Waals surface area contributed by atoms with E-state index in [-0.39, 0.29) is 0 Å². The van der Waals surface area contributed by atoms with Gasteiger partial charge in [-0.1, -0.05) is 40.5 Å². The highest BCUT2D eigenvalue weighted by atomic mass is 79.9. The summed E-state index contributed by atoms with van der Waals surface area (Å²) in [5, 5.41) is 22.2. The minimum atomic E-state index is 0.298. The monoisotopic (exact) mass is 368 g/mol. The van der Waals surface area contributed by atoms with Crippen LogP contribution in [0.15, 0.2) is 56.7 Å². The van der Waals surface area contributed by atoms with Gasteiger partial charge in [0.05, 0.1) is 10.6 Å². The topological polar surface area (TPSA) is 56.4 Å². The predicted molar refractivity (Wildman–Crippen MR) is 84.2 cm³/mol. The first-order valence-corrected chi connectivity index (χ1v) is 6.99. The molecule has 1 aromatic carbocycles. The lowest BCUT2D eigenvalue weighted by Crippen LogP contribution is -2.03. The van der Waals surface area contributed by atoms with Crippen molar-refractivity contribution in [1.82, 2.24) is 0 Å². The average molecular weight is 370 g/mol. The second-order valence-electron chi connectivity index (χ2n) is 3.88. The number of halogens is 3. The quantitative estimate of drug-likeness (QED) is 0.436. The lowest BCUT2D eigenvalue weighted by atomic mass is 9.97. The van der Waals surface area contributed by atoms with Crippen LogP contribution in [0.4, 0.5) is 0 Å². The molecule has 0 spiro atoms. The van der Waals surface area contributed by atoms with Crippen molar-refractivity contribution >= 4 is 50.4 Å². The van der Waals surface area contributed by atoms with E-state index in [1.807, 2.05) is 0 Å². The average Bonchev–Trinajstić information content (AvgIpc) is 2.45. The Bertz CT molecular complexity index is 710. The molecule has 0 heterocycles. The van der Waals surface area contributed by atoms with Crippen molar-refractivity contribution < 1.29 is 5.21 Å². The maximum Gasteiger partial charge on any atom is 0.118 e. The maximum atomic E-state index is 9.38. The third kappa shape index (κ3) is 2.96. The first-order valence-electron chi connectivity index (χ1n) is 5.44. The summed E-state index contributed by atoms with van der Waals surface area (Å²) in [7, 11) is 0. The number of rotatable bonds is 1. The van der Waals surface area contributed by atoms with Crippen LogP contribution in [0.3, 0.4) is 0 Å². The third-order valence-electron chi connectivity index (χ3n) is 2.66. The van der Waals surface area contributed by atoms with Crippen LogP contribution < -0.4 is 0 Å². The van der Waals surface area contributed by atoms with Crippen LogP contribution in [-0.4, -0.2) is 10.9 Å². The molecule has 0 fully saturated rings. The Balaban J connectivity index is 2.61. The number of nitrogens with zero attached hydrogens (tertiary/aromatic N) is 2. The standard InChI is InChI=1S/C14H7BrCl2N2O/c15-12-5-10(13(17)6-14(12)19-20)11(7-18)8-1-3-9(16)4-2-8/h1-6,20H. The molecule has 3 nitrogen and oxygen atoms in total. The molecule has 1 aromatic rings. The minimum Gasteiger partial charge on any atom is -0.410 e. The second kappa shape index (κ2) is 6.27. The molecule has 6 heteroatoms. The van der Waals surface area contributed by atoms with Crippen LogP contribution in [-0.2, 0) is 0 Å². The number of nitriles is 1. The molecule has 0 radical (unpaired) electrons. The van der Waals surface area contributed by atoms with E-state index in [9.17, 15) is 5.26 Å². The van der Waals surface area contributed by atoms with Gasteiger partial charge in [0.1, 0.15) is 11.8 Å². The molecule has 20 heavy (non-hydrogen) atoms.